The number of hydrogen-bond acceptors (Lipinski definition) is 5. The first-order valence-corrected chi connectivity index (χ1v) is 9.84. The predicted molar refractivity (Wildman–Crippen MR) is 119 cm³/mol. The summed E-state index contributed by atoms with van der Waals surface area (Å²) < 4.78 is 0.449. The molecule has 8 heteroatoms. The molecule has 0 saturated carbocycles. The maximum Gasteiger partial charge on any atom is 0.270 e. The molecule has 0 aliphatic carbocycles. The summed E-state index contributed by atoms with van der Waals surface area (Å²) in [6.45, 7) is 3.94. The van der Waals surface area contributed by atoms with Crippen LogP contribution in [0, 0.1) is 24.0 Å². The number of benzene rings is 2. The predicted octanol–water partition coefficient (Wildman–Crippen LogP) is 5.74. The molecule has 0 bridgehead atoms. The Morgan fingerprint density at radius 1 is 1.21 bits per heavy atom. The van der Waals surface area contributed by atoms with Crippen molar-refractivity contribution in [2.75, 3.05) is 4.90 Å². The highest BCUT2D eigenvalue weighted by molar-refractivity contribution is 8.27. The van der Waals surface area contributed by atoms with Gasteiger partial charge in [-0.1, -0.05) is 47.7 Å². The van der Waals surface area contributed by atoms with Crippen LogP contribution in [0.1, 0.15) is 16.7 Å². The fraction of sp³-hybridized carbons (Fsp3) is 0.100. The minimum absolute atomic E-state index is 0.00247. The molecule has 0 spiro atoms. The molecule has 28 heavy (non-hydrogen) atoms. The molecule has 1 amide bonds. The van der Waals surface area contributed by atoms with Crippen molar-refractivity contribution >= 4 is 63.3 Å². The first-order chi connectivity index (χ1) is 13.3. The third-order valence-corrected chi connectivity index (χ3v) is 5.81. The van der Waals surface area contributed by atoms with Gasteiger partial charge in [0, 0.05) is 17.2 Å². The first kappa shape index (κ1) is 20.3. The summed E-state index contributed by atoms with van der Waals surface area (Å²) >= 11 is 12.9. The molecule has 0 radical (unpaired) electrons. The molecule has 1 aliphatic heterocycles. The number of thiocarbonyl (C=S) groups is 1. The molecule has 0 N–H and O–H groups in total. The van der Waals surface area contributed by atoms with Gasteiger partial charge in [0.2, 0.25) is 0 Å². The Morgan fingerprint density at radius 2 is 1.89 bits per heavy atom. The number of halogens is 1. The van der Waals surface area contributed by atoms with Gasteiger partial charge in [-0.25, -0.2) is 0 Å². The number of nitro groups is 1. The number of non-ortho nitro benzene ring substituents is 1. The molecule has 0 atom stereocenters. The van der Waals surface area contributed by atoms with Gasteiger partial charge in [-0.05, 0) is 60.9 Å². The van der Waals surface area contributed by atoms with Crippen LogP contribution in [0.25, 0.3) is 6.08 Å². The van der Waals surface area contributed by atoms with E-state index in [1.165, 1.54) is 28.8 Å². The van der Waals surface area contributed by atoms with Crippen LogP contribution >= 0.6 is 35.6 Å². The number of carbonyl (C=O) groups excluding carboxylic acids is 1. The largest absolute Gasteiger partial charge is 0.270 e. The third kappa shape index (κ3) is 4.16. The maximum absolute atomic E-state index is 12.9. The van der Waals surface area contributed by atoms with Crippen LogP contribution in [0.2, 0.25) is 0 Å². The molecule has 0 unspecified atom stereocenters. The SMILES string of the molecule is Cc1cccc(N2C(=O)C(=CC(Cl)=Cc3ccc([N+](=O)[O-])cc3)SC2=S)c1C. The average molecular weight is 431 g/mol. The smallest absolute Gasteiger partial charge is 0.268 e. The van der Waals surface area contributed by atoms with E-state index >= 15 is 0 Å². The van der Waals surface area contributed by atoms with E-state index in [0.717, 1.165) is 16.8 Å². The Balaban J connectivity index is 1.86. The number of carbonyl (C=O) groups is 1. The molecule has 1 saturated heterocycles. The molecular formula is C20H15ClN2O3S2. The van der Waals surface area contributed by atoms with Gasteiger partial charge in [-0.15, -0.1) is 0 Å². The minimum Gasteiger partial charge on any atom is -0.268 e. The highest BCUT2D eigenvalue weighted by Gasteiger charge is 2.34. The quantitative estimate of drug-likeness (QED) is 0.268. The topological polar surface area (TPSA) is 63.5 Å². The fourth-order valence-corrected chi connectivity index (χ4v) is 4.25. The summed E-state index contributed by atoms with van der Waals surface area (Å²) in [5.74, 6) is -0.223. The van der Waals surface area contributed by atoms with E-state index in [2.05, 4.69) is 0 Å². The van der Waals surface area contributed by atoms with Crippen LogP contribution in [-0.2, 0) is 4.79 Å². The van der Waals surface area contributed by atoms with Gasteiger partial charge in [0.1, 0.15) is 0 Å². The van der Waals surface area contributed by atoms with Crippen LogP contribution in [0.5, 0.6) is 0 Å². The van der Waals surface area contributed by atoms with Crippen LogP contribution in [0.15, 0.2) is 58.5 Å². The van der Waals surface area contributed by atoms with Gasteiger partial charge in [0.05, 0.1) is 15.5 Å². The number of aryl methyl sites for hydroxylation is 1. The molecule has 2 aromatic rings. The van der Waals surface area contributed by atoms with E-state index in [1.807, 2.05) is 32.0 Å². The molecular weight excluding hydrogens is 416 g/mol. The lowest BCUT2D eigenvalue weighted by Gasteiger charge is -2.18. The molecule has 1 heterocycles. The van der Waals surface area contributed by atoms with E-state index in [9.17, 15) is 14.9 Å². The summed E-state index contributed by atoms with van der Waals surface area (Å²) in [5, 5.41) is 11.1. The van der Waals surface area contributed by atoms with E-state index in [4.69, 9.17) is 23.8 Å². The Kier molecular flexibility index (Phi) is 5.98. The van der Waals surface area contributed by atoms with E-state index in [0.29, 0.717) is 19.8 Å². The number of amides is 1. The summed E-state index contributed by atoms with van der Waals surface area (Å²) in [4.78, 5) is 25.1. The lowest BCUT2D eigenvalue weighted by molar-refractivity contribution is -0.384. The van der Waals surface area contributed by atoms with Crippen molar-refractivity contribution in [3.63, 3.8) is 0 Å². The molecule has 1 aliphatic rings. The van der Waals surface area contributed by atoms with Gasteiger partial charge in [-0.3, -0.25) is 19.8 Å². The van der Waals surface area contributed by atoms with Crippen LogP contribution in [0.3, 0.4) is 0 Å². The summed E-state index contributed by atoms with van der Waals surface area (Å²) in [7, 11) is 0. The van der Waals surface area contributed by atoms with Crippen molar-refractivity contribution in [1.29, 1.82) is 0 Å². The second kappa shape index (κ2) is 8.26. The third-order valence-electron chi connectivity index (χ3n) is 4.29. The molecule has 0 aromatic heterocycles. The number of rotatable bonds is 4. The normalized spacial score (nSPS) is 16.2. The van der Waals surface area contributed by atoms with Crippen LogP contribution < -0.4 is 4.90 Å². The van der Waals surface area contributed by atoms with Crippen LogP contribution in [-0.4, -0.2) is 15.2 Å². The van der Waals surface area contributed by atoms with Gasteiger partial charge < -0.3 is 0 Å². The van der Waals surface area contributed by atoms with Gasteiger partial charge >= 0.3 is 0 Å². The zero-order chi connectivity index (χ0) is 20.4. The fourth-order valence-electron chi connectivity index (χ4n) is 2.67. The summed E-state index contributed by atoms with van der Waals surface area (Å²) in [5.41, 5.74) is 3.53. The molecule has 1 fully saturated rings. The van der Waals surface area contributed by atoms with E-state index in [1.54, 1.807) is 24.3 Å². The number of hydrogen-bond donors (Lipinski definition) is 0. The zero-order valence-electron chi connectivity index (χ0n) is 15.0. The average Bonchev–Trinajstić information content (AvgIpc) is 2.91. The first-order valence-electron chi connectivity index (χ1n) is 8.24. The number of nitrogens with zero attached hydrogens (tertiary/aromatic N) is 2. The molecule has 142 valence electrons. The Hall–Kier alpha value is -2.48. The second-order valence-corrected chi connectivity index (χ2v) is 8.23. The van der Waals surface area contributed by atoms with Crippen molar-refractivity contribution in [3.05, 3.63) is 85.3 Å². The van der Waals surface area contributed by atoms with Crippen molar-refractivity contribution < 1.29 is 9.72 Å². The Bertz CT molecular complexity index is 1050. The maximum atomic E-state index is 12.9. The number of allylic oxidation sites excluding steroid dienone is 2. The minimum atomic E-state index is -0.465. The molecule has 2 aromatic carbocycles. The van der Waals surface area contributed by atoms with Crippen molar-refractivity contribution in [3.8, 4) is 0 Å². The lowest BCUT2D eigenvalue weighted by Crippen LogP contribution is -2.28. The van der Waals surface area contributed by atoms with Gasteiger partial charge in [0.25, 0.3) is 11.6 Å². The highest BCUT2D eigenvalue weighted by Crippen LogP contribution is 2.37. The Morgan fingerprint density at radius 3 is 2.54 bits per heavy atom. The summed E-state index contributed by atoms with van der Waals surface area (Å²) in [6.07, 6.45) is 3.20. The van der Waals surface area contributed by atoms with Crippen molar-refractivity contribution in [1.82, 2.24) is 0 Å². The number of thioether (sulfide) groups is 1. The van der Waals surface area contributed by atoms with Crippen molar-refractivity contribution in [2.24, 2.45) is 0 Å². The summed E-state index contributed by atoms with van der Waals surface area (Å²) in [6, 6.07) is 11.7. The van der Waals surface area contributed by atoms with E-state index < -0.39 is 4.92 Å². The van der Waals surface area contributed by atoms with Crippen molar-refractivity contribution in [2.45, 2.75) is 13.8 Å². The number of anilines is 1. The molecule has 3 rings (SSSR count). The second-order valence-electron chi connectivity index (χ2n) is 6.11. The van der Waals surface area contributed by atoms with Crippen LogP contribution in [0.4, 0.5) is 11.4 Å². The lowest BCUT2D eigenvalue weighted by atomic mass is 10.1. The monoisotopic (exact) mass is 430 g/mol. The van der Waals surface area contributed by atoms with Gasteiger partial charge in [0.15, 0.2) is 4.32 Å². The van der Waals surface area contributed by atoms with Gasteiger partial charge in [-0.2, -0.15) is 0 Å². The van der Waals surface area contributed by atoms with E-state index in [-0.39, 0.29) is 11.6 Å². The Labute approximate surface area is 176 Å². The highest BCUT2D eigenvalue weighted by atomic mass is 35.5. The standard InChI is InChI=1S/C20H15ClN2O3S2/c1-12-4-3-5-17(13(12)2)22-19(24)18(28-20(22)27)11-15(21)10-14-6-8-16(9-7-14)23(25)26/h3-11H,1-2H3. The zero-order valence-corrected chi connectivity index (χ0v) is 17.4. The number of nitro benzene ring substituents is 1. The molecule has 5 nitrogen and oxygen atoms in total.